The van der Waals surface area contributed by atoms with E-state index < -0.39 is 11.9 Å². The van der Waals surface area contributed by atoms with Crippen LogP contribution in [0, 0.1) is 29.6 Å². The third kappa shape index (κ3) is 3.64. The van der Waals surface area contributed by atoms with Crippen LogP contribution in [0.25, 0.3) is 0 Å². The van der Waals surface area contributed by atoms with Gasteiger partial charge in [0, 0.05) is 24.1 Å². The van der Waals surface area contributed by atoms with Gasteiger partial charge in [-0.25, -0.2) is 4.90 Å². The Morgan fingerprint density at radius 1 is 0.943 bits per heavy atom. The van der Waals surface area contributed by atoms with Crippen molar-refractivity contribution >= 4 is 58.3 Å². The molecule has 2 saturated carbocycles. The summed E-state index contributed by atoms with van der Waals surface area (Å²) in [5.74, 6) is -1.43. The number of esters is 1. The van der Waals surface area contributed by atoms with Crippen molar-refractivity contribution in [3.8, 4) is 5.75 Å². The molecule has 2 bridgehead atoms. The first kappa shape index (κ1) is 22.6. The van der Waals surface area contributed by atoms with Crippen molar-refractivity contribution < 1.29 is 23.9 Å². The SMILES string of the molecule is O=C(Oc1cccc(N2C(=O)[C@@H]3[C@H]4CC[C@@H](C4)[C@@H]3C2=O)c1)[C@H]1CC(=O)N(c2cc(Cl)ccc2Cl)C1. The minimum absolute atomic E-state index is 0.0173. The number of fused-ring (bicyclic) bond motifs is 5. The second kappa shape index (κ2) is 8.35. The normalized spacial score (nSPS) is 29.3. The van der Waals surface area contributed by atoms with Crippen molar-refractivity contribution in [3.63, 3.8) is 0 Å². The highest BCUT2D eigenvalue weighted by Gasteiger charge is 2.61. The lowest BCUT2D eigenvalue weighted by atomic mass is 9.81. The van der Waals surface area contributed by atoms with Crippen molar-refractivity contribution in [3.05, 3.63) is 52.5 Å². The zero-order valence-electron chi connectivity index (χ0n) is 18.7. The van der Waals surface area contributed by atoms with Crippen LogP contribution < -0.4 is 14.5 Å². The topological polar surface area (TPSA) is 84.0 Å². The minimum atomic E-state index is -0.689. The molecule has 35 heavy (non-hydrogen) atoms. The lowest BCUT2D eigenvalue weighted by molar-refractivity contribution is -0.139. The van der Waals surface area contributed by atoms with Gasteiger partial charge in [0.1, 0.15) is 5.75 Å². The van der Waals surface area contributed by atoms with E-state index in [4.69, 9.17) is 27.9 Å². The summed E-state index contributed by atoms with van der Waals surface area (Å²) in [6.45, 7) is 0.118. The molecular formula is C26H22Cl2N2O5. The van der Waals surface area contributed by atoms with Gasteiger partial charge in [-0.1, -0.05) is 29.3 Å². The largest absolute Gasteiger partial charge is 0.426 e. The zero-order valence-corrected chi connectivity index (χ0v) is 20.2. The Morgan fingerprint density at radius 3 is 2.37 bits per heavy atom. The molecule has 5 atom stereocenters. The van der Waals surface area contributed by atoms with E-state index in [1.807, 2.05) is 0 Å². The molecule has 0 N–H and O–H groups in total. The minimum Gasteiger partial charge on any atom is -0.426 e. The van der Waals surface area contributed by atoms with Gasteiger partial charge in [0.15, 0.2) is 0 Å². The second-order valence-corrected chi connectivity index (χ2v) is 10.7. The molecule has 4 fully saturated rings. The van der Waals surface area contributed by atoms with Gasteiger partial charge in [-0.2, -0.15) is 0 Å². The lowest BCUT2D eigenvalue weighted by Crippen LogP contribution is -2.32. The maximum atomic E-state index is 13.1. The van der Waals surface area contributed by atoms with Gasteiger partial charge in [0.05, 0.1) is 34.2 Å². The number of carbonyl (C=O) groups excluding carboxylic acids is 4. The fraction of sp³-hybridized carbons (Fsp3) is 0.385. The first-order valence-corrected chi connectivity index (χ1v) is 12.5. The van der Waals surface area contributed by atoms with Gasteiger partial charge >= 0.3 is 5.97 Å². The van der Waals surface area contributed by atoms with Gasteiger partial charge in [-0.15, -0.1) is 0 Å². The molecule has 6 rings (SSSR count). The molecule has 9 heteroatoms. The average molecular weight is 513 g/mol. The summed E-state index contributed by atoms with van der Waals surface area (Å²) >= 11 is 12.3. The van der Waals surface area contributed by atoms with Crippen LogP contribution in [-0.2, 0) is 19.2 Å². The summed E-state index contributed by atoms with van der Waals surface area (Å²) in [6, 6.07) is 11.3. The van der Waals surface area contributed by atoms with E-state index in [1.54, 1.807) is 42.5 Å². The third-order valence-electron chi connectivity index (χ3n) is 7.88. The quantitative estimate of drug-likeness (QED) is 0.342. The lowest BCUT2D eigenvalue weighted by Gasteiger charge is -2.19. The fourth-order valence-electron chi connectivity index (χ4n) is 6.34. The Kier molecular flexibility index (Phi) is 5.38. The number of rotatable bonds is 4. The van der Waals surface area contributed by atoms with Crippen molar-refractivity contribution in [2.24, 2.45) is 29.6 Å². The number of carbonyl (C=O) groups is 4. The molecule has 180 valence electrons. The van der Waals surface area contributed by atoms with Crippen LogP contribution in [0.15, 0.2) is 42.5 Å². The molecule has 2 heterocycles. The number of ether oxygens (including phenoxy) is 1. The number of hydrogen-bond acceptors (Lipinski definition) is 5. The molecule has 2 saturated heterocycles. The Balaban J connectivity index is 1.17. The molecule has 2 aromatic rings. The van der Waals surface area contributed by atoms with E-state index in [-0.39, 0.29) is 48.3 Å². The van der Waals surface area contributed by atoms with Crippen molar-refractivity contribution in [1.82, 2.24) is 0 Å². The molecule has 7 nitrogen and oxygen atoms in total. The smallest absolute Gasteiger partial charge is 0.316 e. The molecule has 2 aliphatic carbocycles. The highest BCUT2D eigenvalue weighted by atomic mass is 35.5. The maximum Gasteiger partial charge on any atom is 0.316 e. The Labute approximate surface area is 211 Å². The molecule has 3 amide bonds. The molecule has 2 aromatic carbocycles. The average Bonchev–Trinajstić information content (AvgIpc) is 3.59. The Morgan fingerprint density at radius 2 is 1.66 bits per heavy atom. The summed E-state index contributed by atoms with van der Waals surface area (Å²) in [5, 5.41) is 0.797. The number of benzene rings is 2. The highest BCUT2D eigenvalue weighted by Crippen LogP contribution is 2.56. The van der Waals surface area contributed by atoms with Crippen molar-refractivity contribution in [2.45, 2.75) is 25.7 Å². The van der Waals surface area contributed by atoms with E-state index in [0.717, 1.165) is 19.3 Å². The molecule has 0 unspecified atom stereocenters. The van der Waals surface area contributed by atoms with E-state index in [9.17, 15) is 19.2 Å². The summed E-state index contributed by atoms with van der Waals surface area (Å²) in [7, 11) is 0. The number of hydrogen-bond donors (Lipinski definition) is 0. The maximum absolute atomic E-state index is 13.1. The first-order valence-electron chi connectivity index (χ1n) is 11.8. The summed E-state index contributed by atoms with van der Waals surface area (Å²) in [6.07, 6.45) is 2.97. The van der Waals surface area contributed by atoms with Crippen LogP contribution in [0.4, 0.5) is 11.4 Å². The Hall–Kier alpha value is -2.90. The Bertz CT molecular complexity index is 1250. The predicted octanol–water partition coefficient (Wildman–Crippen LogP) is 4.49. The fourth-order valence-corrected chi connectivity index (χ4v) is 6.73. The van der Waals surface area contributed by atoms with E-state index in [0.29, 0.717) is 33.3 Å². The van der Waals surface area contributed by atoms with Crippen LogP contribution in [-0.4, -0.2) is 30.2 Å². The van der Waals surface area contributed by atoms with Crippen molar-refractivity contribution in [1.29, 1.82) is 0 Å². The monoisotopic (exact) mass is 512 g/mol. The molecule has 0 spiro atoms. The van der Waals surface area contributed by atoms with Crippen LogP contribution >= 0.6 is 23.2 Å². The third-order valence-corrected chi connectivity index (χ3v) is 8.43. The zero-order chi connectivity index (χ0) is 24.4. The van der Waals surface area contributed by atoms with Crippen LogP contribution in [0.1, 0.15) is 25.7 Å². The second-order valence-electron chi connectivity index (χ2n) is 9.82. The van der Waals surface area contributed by atoms with Crippen LogP contribution in [0.5, 0.6) is 5.75 Å². The number of anilines is 2. The van der Waals surface area contributed by atoms with Crippen LogP contribution in [0.3, 0.4) is 0 Å². The van der Waals surface area contributed by atoms with Crippen LogP contribution in [0.2, 0.25) is 10.0 Å². The number of nitrogens with zero attached hydrogens (tertiary/aromatic N) is 2. The van der Waals surface area contributed by atoms with Crippen molar-refractivity contribution in [2.75, 3.05) is 16.3 Å². The summed E-state index contributed by atoms with van der Waals surface area (Å²) in [4.78, 5) is 54.4. The molecule has 0 radical (unpaired) electrons. The van der Waals surface area contributed by atoms with E-state index in [2.05, 4.69) is 0 Å². The van der Waals surface area contributed by atoms with Gasteiger partial charge in [0.2, 0.25) is 17.7 Å². The number of imide groups is 1. The standard InChI is InChI=1S/C26H22Cl2N2O5/c27-16-6-7-19(28)20(10-16)29-12-15(9-21(29)31)26(34)35-18-3-1-2-17(11-18)30-24(32)22-13-4-5-14(8-13)23(22)25(30)33/h1-3,6-7,10-11,13-15,22-23H,4-5,8-9,12H2/t13-,14-,15-,22-,23+/m0/s1. The van der Waals surface area contributed by atoms with Gasteiger partial charge in [-0.05, 0) is 61.4 Å². The van der Waals surface area contributed by atoms with E-state index in [1.165, 1.54) is 9.80 Å². The van der Waals surface area contributed by atoms with Gasteiger partial charge in [-0.3, -0.25) is 19.2 Å². The summed E-state index contributed by atoms with van der Waals surface area (Å²) in [5.41, 5.74) is 0.862. The number of halogens is 2. The number of amides is 3. The molecular weight excluding hydrogens is 491 g/mol. The summed E-state index contributed by atoms with van der Waals surface area (Å²) < 4.78 is 5.58. The molecule has 4 aliphatic rings. The molecule has 2 aliphatic heterocycles. The first-order chi connectivity index (χ1) is 16.8. The van der Waals surface area contributed by atoms with Gasteiger partial charge in [0.25, 0.3) is 0 Å². The van der Waals surface area contributed by atoms with E-state index >= 15 is 0 Å². The predicted molar refractivity (Wildman–Crippen MR) is 129 cm³/mol. The molecule has 0 aromatic heterocycles. The van der Waals surface area contributed by atoms with Gasteiger partial charge < -0.3 is 9.64 Å². The highest BCUT2D eigenvalue weighted by molar-refractivity contribution is 6.36.